The lowest BCUT2D eigenvalue weighted by molar-refractivity contribution is -0.144. The van der Waals surface area contributed by atoms with Crippen molar-refractivity contribution in [3.05, 3.63) is 24.3 Å². The van der Waals surface area contributed by atoms with Crippen LogP contribution in [0.2, 0.25) is 0 Å². The van der Waals surface area contributed by atoms with E-state index in [9.17, 15) is 23.3 Å². The lowest BCUT2D eigenvalue weighted by Gasteiger charge is -2.26. The van der Waals surface area contributed by atoms with Gasteiger partial charge in [-0.25, -0.2) is 8.42 Å². The molecule has 8 nitrogen and oxygen atoms in total. The third-order valence-corrected chi connectivity index (χ3v) is 7.55. The van der Waals surface area contributed by atoms with Crippen molar-refractivity contribution >= 4 is 27.6 Å². The van der Waals surface area contributed by atoms with Crippen LogP contribution >= 0.6 is 0 Å². The van der Waals surface area contributed by atoms with E-state index >= 15 is 0 Å². The fourth-order valence-corrected chi connectivity index (χ4v) is 5.43. The number of piperidine rings is 1. The maximum absolute atomic E-state index is 12.8. The molecule has 1 aliphatic heterocycles. The highest BCUT2D eigenvalue weighted by molar-refractivity contribution is 7.89. The van der Waals surface area contributed by atoms with E-state index < -0.39 is 39.2 Å². The lowest BCUT2D eigenvalue weighted by atomic mass is 10.0. The normalized spacial score (nSPS) is 27.5. The summed E-state index contributed by atoms with van der Waals surface area (Å²) in [5.74, 6) is -2.55. The number of rotatable bonds is 5. The Morgan fingerprint density at radius 3 is 2.57 bits per heavy atom. The Balaban J connectivity index is 1.81. The van der Waals surface area contributed by atoms with Crippen molar-refractivity contribution in [1.82, 2.24) is 4.31 Å². The van der Waals surface area contributed by atoms with E-state index in [0.29, 0.717) is 13.1 Å². The molecule has 9 heteroatoms. The van der Waals surface area contributed by atoms with E-state index in [1.165, 1.54) is 23.5 Å². The largest absolute Gasteiger partial charge is 0.469 e. The van der Waals surface area contributed by atoms with Gasteiger partial charge in [-0.15, -0.1) is 0 Å². The van der Waals surface area contributed by atoms with Crippen LogP contribution in [-0.2, 0) is 24.3 Å². The Labute approximate surface area is 164 Å². The van der Waals surface area contributed by atoms with Gasteiger partial charge in [-0.05, 0) is 37.0 Å². The Morgan fingerprint density at radius 2 is 1.96 bits per heavy atom. The standard InChI is InChI=1S/C19H23N3O5S/c1-13-16(17(23)27-2)19(13,12-20)18(24)21-14-7-6-8-15(11-14)28(25,26)22-9-4-3-5-10-22/h6-8,11,13,16H,3-5,9-10H2,1-2H3,(H,21,24)/t13-,16-,19-/m0/s1. The molecule has 0 bridgehead atoms. The fraction of sp³-hybridized carbons (Fsp3) is 0.526. The summed E-state index contributed by atoms with van der Waals surface area (Å²) < 4.78 is 31.8. The summed E-state index contributed by atoms with van der Waals surface area (Å²) in [5.41, 5.74) is -1.24. The first-order valence-corrected chi connectivity index (χ1v) is 10.6. The monoisotopic (exact) mass is 405 g/mol. The van der Waals surface area contributed by atoms with Crippen molar-refractivity contribution in [1.29, 1.82) is 5.26 Å². The molecule has 2 aliphatic rings. The second-order valence-corrected chi connectivity index (χ2v) is 9.15. The van der Waals surface area contributed by atoms with Crippen LogP contribution in [-0.4, -0.2) is 44.8 Å². The average Bonchev–Trinajstić information content (AvgIpc) is 3.33. The van der Waals surface area contributed by atoms with Crippen molar-refractivity contribution in [3.63, 3.8) is 0 Å². The first-order valence-electron chi connectivity index (χ1n) is 9.19. The van der Waals surface area contributed by atoms with E-state index in [1.807, 2.05) is 6.07 Å². The quantitative estimate of drug-likeness (QED) is 0.746. The number of amides is 1. The molecule has 28 heavy (non-hydrogen) atoms. The fourth-order valence-electron chi connectivity index (χ4n) is 3.87. The van der Waals surface area contributed by atoms with E-state index in [2.05, 4.69) is 10.1 Å². The van der Waals surface area contributed by atoms with Gasteiger partial charge < -0.3 is 10.1 Å². The second-order valence-electron chi connectivity index (χ2n) is 7.22. The van der Waals surface area contributed by atoms with Crippen LogP contribution < -0.4 is 5.32 Å². The van der Waals surface area contributed by atoms with E-state index in [0.717, 1.165) is 19.3 Å². The predicted molar refractivity (Wildman–Crippen MR) is 100 cm³/mol. The van der Waals surface area contributed by atoms with Gasteiger partial charge in [0.15, 0.2) is 5.41 Å². The van der Waals surface area contributed by atoms with Crippen molar-refractivity contribution in [3.8, 4) is 6.07 Å². The zero-order chi connectivity index (χ0) is 20.5. The molecule has 1 aromatic rings. The molecule has 3 atom stereocenters. The van der Waals surface area contributed by atoms with Gasteiger partial charge in [-0.2, -0.15) is 9.57 Å². The van der Waals surface area contributed by atoms with Gasteiger partial charge in [-0.1, -0.05) is 19.4 Å². The summed E-state index contributed by atoms with van der Waals surface area (Å²) in [6.07, 6.45) is 2.66. The smallest absolute Gasteiger partial charge is 0.311 e. The summed E-state index contributed by atoms with van der Waals surface area (Å²) in [7, 11) is -2.43. The minimum Gasteiger partial charge on any atom is -0.469 e. The van der Waals surface area contributed by atoms with E-state index in [1.54, 1.807) is 19.1 Å². The molecule has 1 aromatic carbocycles. The van der Waals surface area contributed by atoms with Crippen molar-refractivity contribution < 1.29 is 22.7 Å². The minimum absolute atomic E-state index is 0.0894. The summed E-state index contributed by atoms with van der Waals surface area (Å²) in [6.45, 7) is 2.60. The van der Waals surface area contributed by atoms with Gasteiger partial charge >= 0.3 is 5.97 Å². The molecule has 1 saturated carbocycles. The zero-order valence-corrected chi connectivity index (χ0v) is 16.7. The van der Waals surface area contributed by atoms with Gasteiger partial charge in [0.05, 0.1) is 24.0 Å². The molecule has 0 spiro atoms. The molecule has 1 amide bonds. The third kappa shape index (κ3) is 3.27. The van der Waals surface area contributed by atoms with Crippen molar-refractivity contribution in [2.75, 3.05) is 25.5 Å². The zero-order valence-electron chi connectivity index (χ0n) is 15.8. The molecule has 1 N–H and O–H groups in total. The molecular weight excluding hydrogens is 382 g/mol. The van der Waals surface area contributed by atoms with Crippen LogP contribution in [0.4, 0.5) is 5.69 Å². The van der Waals surface area contributed by atoms with Crippen molar-refractivity contribution in [2.24, 2.45) is 17.3 Å². The van der Waals surface area contributed by atoms with Gasteiger partial charge in [0.2, 0.25) is 15.9 Å². The lowest BCUT2D eigenvalue weighted by Crippen LogP contribution is -2.35. The summed E-state index contributed by atoms with van der Waals surface area (Å²) in [5, 5.41) is 12.1. The van der Waals surface area contributed by atoms with Gasteiger partial charge in [0, 0.05) is 18.8 Å². The number of carbonyl (C=O) groups is 2. The molecule has 0 unspecified atom stereocenters. The highest BCUT2D eigenvalue weighted by Crippen LogP contribution is 2.59. The second kappa shape index (κ2) is 7.53. The van der Waals surface area contributed by atoms with E-state index in [4.69, 9.17) is 0 Å². The van der Waals surface area contributed by atoms with Crippen LogP contribution in [0, 0.1) is 28.6 Å². The maximum Gasteiger partial charge on any atom is 0.311 e. The van der Waals surface area contributed by atoms with Crippen LogP contribution in [0.5, 0.6) is 0 Å². The molecule has 0 aromatic heterocycles. The molecule has 3 rings (SSSR count). The predicted octanol–water partition coefficient (Wildman–Crippen LogP) is 1.75. The summed E-state index contributed by atoms with van der Waals surface area (Å²) >= 11 is 0. The first-order chi connectivity index (χ1) is 13.3. The molecule has 1 heterocycles. The molecule has 2 fully saturated rings. The van der Waals surface area contributed by atoms with Crippen molar-refractivity contribution in [2.45, 2.75) is 31.1 Å². The summed E-state index contributed by atoms with van der Waals surface area (Å²) in [4.78, 5) is 24.7. The Kier molecular flexibility index (Phi) is 5.46. The molecule has 150 valence electrons. The number of hydrogen-bond acceptors (Lipinski definition) is 6. The topological polar surface area (TPSA) is 117 Å². The van der Waals surface area contributed by atoms with E-state index in [-0.39, 0.29) is 10.6 Å². The van der Waals surface area contributed by atoms with Crippen LogP contribution in [0.15, 0.2) is 29.2 Å². The Hall–Kier alpha value is -2.44. The molecule has 1 saturated heterocycles. The van der Waals surface area contributed by atoms with Gasteiger partial charge in [0.25, 0.3) is 0 Å². The van der Waals surface area contributed by atoms with Gasteiger partial charge in [0.1, 0.15) is 0 Å². The minimum atomic E-state index is -3.64. The van der Waals surface area contributed by atoms with Crippen LogP contribution in [0.25, 0.3) is 0 Å². The number of ether oxygens (including phenoxy) is 1. The number of nitrogens with one attached hydrogen (secondary N) is 1. The number of nitriles is 1. The van der Waals surface area contributed by atoms with Crippen LogP contribution in [0.3, 0.4) is 0 Å². The maximum atomic E-state index is 12.8. The Morgan fingerprint density at radius 1 is 1.29 bits per heavy atom. The number of hydrogen-bond donors (Lipinski definition) is 1. The first kappa shape index (κ1) is 20.3. The third-order valence-electron chi connectivity index (χ3n) is 5.66. The summed E-state index contributed by atoms with van der Waals surface area (Å²) in [6, 6.07) is 7.90. The molecule has 0 radical (unpaired) electrons. The van der Waals surface area contributed by atoms with Gasteiger partial charge in [-0.3, -0.25) is 9.59 Å². The Bertz CT molecular complexity index is 933. The number of anilines is 1. The number of carbonyl (C=O) groups excluding carboxylic acids is 2. The molecule has 1 aliphatic carbocycles. The number of nitrogens with zero attached hydrogens (tertiary/aromatic N) is 2. The average molecular weight is 405 g/mol. The highest BCUT2D eigenvalue weighted by atomic mass is 32.2. The number of esters is 1. The highest BCUT2D eigenvalue weighted by Gasteiger charge is 2.72. The molecular formula is C19H23N3O5S. The number of benzene rings is 1. The number of methoxy groups -OCH3 is 1. The number of sulfonamides is 1. The van der Waals surface area contributed by atoms with Crippen LogP contribution in [0.1, 0.15) is 26.2 Å². The SMILES string of the molecule is COC(=O)[C@@H]1[C@H](C)[C@]1(C#N)C(=O)Nc1cccc(S(=O)(=O)N2CCCCC2)c1.